The highest BCUT2D eigenvalue weighted by Crippen LogP contribution is 2.26. The molecule has 0 saturated heterocycles. The second-order valence-corrected chi connectivity index (χ2v) is 4.86. The van der Waals surface area contributed by atoms with Crippen LogP contribution in [0, 0.1) is 0 Å². The van der Waals surface area contributed by atoms with Crippen LogP contribution < -0.4 is 5.73 Å². The van der Waals surface area contributed by atoms with Crippen LogP contribution in [0.5, 0.6) is 0 Å². The van der Waals surface area contributed by atoms with Crippen molar-refractivity contribution in [1.29, 1.82) is 0 Å². The lowest BCUT2D eigenvalue weighted by atomic mass is 10.2. The van der Waals surface area contributed by atoms with Crippen molar-refractivity contribution in [2.75, 3.05) is 20.1 Å². The van der Waals surface area contributed by atoms with E-state index in [1.54, 1.807) is 0 Å². The molecular formula is C12H15BrN4O. The average Bonchev–Trinajstić information content (AvgIpc) is 2.78. The first-order chi connectivity index (χ1) is 8.70. The zero-order chi connectivity index (χ0) is 13.0. The molecule has 2 aromatic rings. The van der Waals surface area contributed by atoms with Crippen molar-refractivity contribution in [2.24, 2.45) is 5.73 Å². The first-order valence-electron chi connectivity index (χ1n) is 5.66. The van der Waals surface area contributed by atoms with Crippen molar-refractivity contribution in [3.63, 3.8) is 0 Å². The minimum atomic E-state index is 0.527. The summed E-state index contributed by atoms with van der Waals surface area (Å²) in [5.74, 6) is 1.12. The Morgan fingerprint density at radius 1 is 1.33 bits per heavy atom. The van der Waals surface area contributed by atoms with Crippen LogP contribution in [0.4, 0.5) is 0 Å². The largest absolute Gasteiger partial charge is 0.419 e. The maximum Gasteiger partial charge on any atom is 0.248 e. The van der Waals surface area contributed by atoms with E-state index in [1.165, 1.54) is 0 Å². The SMILES string of the molecule is CN(CCN)Cc1nnc(-c2ccccc2Br)o1. The van der Waals surface area contributed by atoms with Gasteiger partial charge in [0.15, 0.2) is 0 Å². The number of benzene rings is 1. The molecule has 6 heteroatoms. The van der Waals surface area contributed by atoms with Gasteiger partial charge in [0, 0.05) is 17.6 Å². The Hall–Kier alpha value is -1.24. The van der Waals surface area contributed by atoms with E-state index in [0.29, 0.717) is 24.9 Å². The van der Waals surface area contributed by atoms with Crippen molar-refractivity contribution in [3.8, 4) is 11.5 Å². The number of likely N-dealkylation sites (N-methyl/N-ethyl adjacent to an activating group) is 1. The van der Waals surface area contributed by atoms with Gasteiger partial charge in [0.05, 0.1) is 12.1 Å². The lowest BCUT2D eigenvalue weighted by Crippen LogP contribution is -2.25. The Balaban J connectivity index is 2.13. The molecule has 1 heterocycles. The molecule has 0 fully saturated rings. The Labute approximate surface area is 114 Å². The molecule has 0 bridgehead atoms. The number of nitrogens with zero attached hydrogens (tertiary/aromatic N) is 3. The third-order valence-corrected chi connectivity index (χ3v) is 3.18. The molecule has 0 spiro atoms. The van der Waals surface area contributed by atoms with Gasteiger partial charge in [-0.15, -0.1) is 10.2 Å². The highest BCUT2D eigenvalue weighted by atomic mass is 79.9. The average molecular weight is 311 g/mol. The van der Waals surface area contributed by atoms with Gasteiger partial charge in [-0.1, -0.05) is 12.1 Å². The summed E-state index contributed by atoms with van der Waals surface area (Å²) in [7, 11) is 1.97. The van der Waals surface area contributed by atoms with Gasteiger partial charge in [-0.05, 0) is 35.1 Å². The molecule has 0 radical (unpaired) electrons. The molecule has 1 aromatic heterocycles. The first-order valence-corrected chi connectivity index (χ1v) is 6.46. The van der Waals surface area contributed by atoms with Gasteiger partial charge < -0.3 is 10.2 Å². The number of rotatable bonds is 5. The molecule has 1 aromatic carbocycles. The third-order valence-electron chi connectivity index (χ3n) is 2.49. The fourth-order valence-corrected chi connectivity index (χ4v) is 2.05. The van der Waals surface area contributed by atoms with E-state index in [9.17, 15) is 0 Å². The highest BCUT2D eigenvalue weighted by Gasteiger charge is 2.12. The molecule has 0 aliphatic carbocycles. The second kappa shape index (κ2) is 6.08. The summed E-state index contributed by atoms with van der Waals surface area (Å²) < 4.78 is 6.57. The molecule has 2 rings (SSSR count). The summed E-state index contributed by atoms with van der Waals surface area (Å²) in [5.41, 5.74) is 6.39. The number of hydrogen-bond acceptors (Lipinski definition) is 5. The molecule has 96 valence electrons. The fourth-order valence-electron chi connectivity index (χ4n) is 1.59. The molecule has 0 atom stereocenters. The third kappa shape index (κ3) is 3.16. The first kappa shape index (κ1) is 13.2. The summed E-state index contributed by atoms with van der Waals surface area (Å²) in [5, 5.41) is 8.09. The van der Waals surface area contributed by atoms with Crippen molar-refractivity contribution in [3.05, 3.63) is 34.6 Å². The molecule has 0 amide bonds. The molecule has 0 aliphatic rings. The molecule has 18 heavy (non-hydrogen) atoms. The van der Waals surface area contributed by atoms with Gasteiger partial charge in [0.1, 0.15) is 0 Å². The smallest absolute Gasteiger partial charge is 0.248 e. The van der Waals surface area contributed by atoms with Crippen LogP contribution in [-0.2, 0) is 6.54 Å². The molecule has 2 N–H and O–H groups in total. The summed E-state index contributed by atoms with van der Waals surface area (Å²) in [4.78, 5) is 2.04. The Morgan fingerprint density at radius 2 is 2.11 bits per heavy atom. The van der Waals surface area contributed by atoms with Crippen molar-refractivity contribution < 1.29 is 4.42 Å². The number of hydrogen-bond donors (Lipinski definition) is 1. The van der Waals surface area contributed by atoms with Crippen LogP contribution in [0.2, 0.25) is 0 Å². The van der Waals surface area contributed by atoms with Crippen molar-refractivity contribution in [2.45, 2.75) is 6.54 Å². The van der Waals surface area contributed by atoms with Crippen LogP contribution in [0.25, 0.3) is 11.5 Å². The zero-order valence-corrected chi connectivity index (χ0v) is 11.7. The maximum atomic E-state index is 5.63. The predicted octanol–water partition coefficient (Wildman–Crippen LogP) is 1.89. The number of halogens is 1. The minimum Gasteiger partial charge on any atom is -0.419 e. The lowest BCUT2D eigenvalue weighted by molar-refractivity contribution is 0.297. The summed E-state index contributed by atoms with van der Waals surface area (Å²) in [6.45, 7) is 2.02. The lowest BCUT2D eigenvalue weighted by Gasteiger charge is -2.11. The van der Waals surface area contributed by atoms with E-state index < -0.39 is 0 Å². The fraction of sp³-hybridized carbons (Fsp3) is 0.333. The van der Waals surface area contributed by atoms with E-state index in [4.69, 9.17) is 10.2 Å². The second-order valence-electron chi connectivity index (χ2n) is 4.01. The Bertz CT molecular complexity index is 514. The highest BCUT2D eigenvalue weighted by molar-refractivity contribution is 9.10. The van der Waals surface area contributed by atoms with E-state index in [-0.39, 0.29) is 0 Å². The quantitative estimate of drug-likeness (QED) is 0.913. The van der Waals surface area contributed by atoms with E-state index >= 15 is 0 Å². The summed E-state index contributed by atoms with van der Waals surface area (Å²) >= 11 is 3.46. The van der Waals surface area contributed by atoms with Crippen LogP contribution in [0.3, 0.4) is 0 Å². The summed E-state index contributed by atoms with van der Waals surface area (Å²) in [6.07, 6.45) is 0. The zero-order valence-electron chi connectivity index (χ0n) is 10.1. The van der Waals surface area contributed by atoms with Crippen LogP contribution >= 0.6 is 15.9 Å². The molecule has 0 aliphatic heterocycles. The number of nitrogens with two attached hydrogens (primary N) is 1. The maximum absolute atomic E-state index is 5.63. The molecular weight excluding hydrogens is 296 g/mol. The van der Waals surface area contributed by atoms with Gasteiger partial charge in [0.25, 0.3) is 0 Å². The normalized spacial score (nSPS) is 11.1. The molecule has 0 saturated carbocycles. The van der Waals surface area contributed by atoms with Crippen LogP contribution in [0.1, 0.15) is 5.89 Å². The Morgan fingerprint density at radius 3 is 2.83 bits per heavy atom. The monoisotopic (exact) mass is 310 g/mol. The summed E-state index contributed by atoms with van der Waals surface area (Å²) in [6, 6.07) is 7.76. The van der Waals surface area contributed by atoms with Gasteiger partial charge >= 0.3 is 0 Å². The molecule has 0 unspecified atom stereocenters. The number of aromatic nitrogens is 2. The standard InChI is InChI=1S/C12H15BrN4O/c1-17(7-6-14)8-11-15-16-12(18-11)9-4-2-3-5-10(9)13/h2-5H,6-8,14H2,1H3. The van der Waals surface area contributed by atoms with Crippen molar-refractivity contribution >= 4 is 15.9 Å². The van der Waals surface area contributed by atoms with Gasteiger partial charge in [-0.25, -0.2) is 0 Å². The van der Waals surface area contributed by atoms with Gasteiger partial charge in [-0.2, -0.15) is 0 Å². The molecule has 5 nitrogen and oxygen atoms in total. The van der Waals surface area contributed by atoms with Gasteiger partial charge in [0.2, 0.25) is 11.8 Å². The Kier molecular flexibility index (Phi) is 4.46. The van der Waals surface area contributed by atoms with Crippen LogP contribution in [0.15, 0.2) is 33.2 Å². The van der Waals surface area contributed by atoms with Gasteiger partial charge in [-0.3, -0.25) is 4.90 Å². The van der Waals surface area contributed by atoms with E-state index in [0.717, 1.165) is 16.6 Å². The van der Waals surface area contributed by atoms with E-state index in [2.05, 4.69) is 26.1 Å². The predicted molar refractivity (Wildman–Crippen MR) is 72.8 cm³/mol. The van der Waals surface area contributed by atoms with Crippen LogP contribution in [-0.4, -0.2) is 35.2 Å². The minimum absolute atomic E-state index is 0.527. The van der Waals surface area contributed by atoms with Crippen molar-refractivity contribution in [1.82, 2.24) is 15.1 Å². The topological polar surface area (TPSA) is 68.2 Å². The van der Waals surface area contributed by atoms with E-state index in [1.807, 2.05) is 36.2 Å².